The summed E-state index contributed by atoms with van der Waals surface area (Å²) >= 11 is 1.31. The van der Waals surface area contributed by atoms with Crippen LogP contribution < -0.4 is 5.32 Å². The normalized spacial score (nSPS) is 12.7. The van der Waals surface area contributed by atoms with Gasteiger partial charge in [0.2, 0.25) is 5.13 Å². The molecule has 0 radical (unpaired) electrons. The lowest BCUT2D eigenvalue weighted by atomic mass is 10.1. The number of nitrogens with zero attached hydrogens (tertiary/aromatic N) is 2. The van der Waals surface area contributed by atoms with E-state index in [2.05, 4.69) is 14.7 Å². The van der Waals surface area contributed by atoms with Crippen LogP contribution in [0.4, 0.5) is 9.52 Å². The van der Waals surface area contributed by atoms with E-state index >= 15 is 0 Å². The van der Waals surface area contributed by atoms with E-state index in [0.29, 0.717) is 11.5 Å². The molecule has 18 heavy (non-hydrogen) atoms. The second-order valence-electron chi connectivity index (χ2n) is 4.50. The van der Waals surface area contributed by atoms with Gasteiger partial charge in [0.25, 0.3) is 0 Å². The van der Waals surface area contributed by atoms with Gasteiger partial charge in [0.15, 0.2) is 0 Å². The van der Waals surface area contributed by atoms with Gasteiger partial charge in [0, 0.05) is 23.0 Å². The van der Waals surface area contributed by atoms with Gasteiger partial charge < -0.3 is 5.32 Å². The Labute approximate surface area is 110 Å². The molecule has 1 aromatic heterocycles. The van der Waals surface area contributed by atoms with E-state index in [0.717, 1.165) is 11.0 Å². The minimum atomic E-state index is -0.203. The lowest BCUT2D eigenvalue weighted by Gasteiger charge is -2.13. The summed E-state index contributed by atoms with van der Waals surface area (Å²) in [4.78, 5) is 4.38. The Hall–Kier alpha value is -1.49. The number of hydrogen-bond donors (Lipinski definition) is 1. The molecule has 5 heteroatoms. The monoisotopic (exact) mass is 265 g/mol. The summed E-state index contributed by atoms with van der Waals surface area (Å²) in [6.45, 7) is 6.01. The summed E-state index contributed by atoms with van der Waals surface area (Å²) in [6, 6.07) is 6.63. The molecule has 0 aliphatic rings. The van der Waals surface area contributed by atoms with Gasteiger partial charge in [-0.3, -0.25) is 0 Å². The molecule has 0 spiro atoms. The number of benzene rings is 1. The van der Waals surface area contributed by atoms with Crippen molar-refractivity contribution in [2.75, 3.05) is 5.32 Å². The van der Waals surface area contributed by atoms with Crippen molar-refractivity contribution in [1.29, 1.82) is 0 Å². The quantitative estimate of drug-likeness (QED) is 0.908. The molecule has 1 atom stereocenters. The zero-order valence-corrected chi connectivity index (χ0v) is 11.5. The molecule has 0 aliphatic heterocycles. The van der Waals surface area contributed by atoms with Crippen molar-refractivity contribution in [1.82, 2.24) is 9.36 Å². The van der Waals surface area contributed by atoms with Crippen LogP contribution in [0.3, 0.4) is 0 Å². The van der Waals surface area contributed by atoms with Crippen molar-refractivity contribution in [3.05, 3.63) is 41.5 Å². The summed E-state index contributed by atoms with van der Waals surface area (Å²) < 4.78 is 17.9. The second-order valence-corrected chi connectivity index (χ2v) is 5.25. The van der Waals surface area contributed by atoms with Gasteiger partial charge in [-0.25, -0.2) is 9.37 Å². The molecular weight excluding hydrogens is 249 g/mol. The highest BCUT2D eigenvalue weighted by molar-refractivity contribution is 7.09. The first-order valence-electron chi connectivity index (χ1n) is 5.92. The predicted molar refractivity (Wildman–Crippen MR) is 72.4 cm³/mol. The lowest BCUT2D eigenvalue weighted by Crippen LogP contribution is -2.08. The molecule has 1 aromatic carbocycles. The topological polar surface area (TPSA) is 37.8 Å². The van der Waals surface area contributed by atoms with Crippen molar-refractivity contribution in [3.8, 4) is 0 Å². The molecular formula is C13H16FN3S. The Kier molecular flexibility index (Phi) is 3.91. The maximum absolute atomic E-state index is 13.6. The van der Waals surface area contributed by atoms with E-state index in [1.807, 2.05) is 26.8 Å². The summed E-state index contributed by atoms with van der Waals surface area (Å²) in [7, 11) is 0. The molecule has 0 saturated heterocycles. The summed E-state index contributed by atoms with van der Waals surface area (Å²) in [5.41, 5.74) is 0.638. The number of halogens is 1. The van der Waals surface area contributed by atoms with E-state index in [1.54, 1.807) is 12.1 Å². The third-order valence-corrected chi connectivity index (χ3v) is 3.33. The zero-order valence-electron chi connectivity index (χ0n) is 10.6. The highest BCUT2D eigenvalue weighted by Gasteiger charge is 2.13. The van der Waals surface area contributed by atoms with Gasteiger partial charge in [-0.05, 0) is 13.0 Å². The maximum atomic E-state index is 13.6. The van der Waals surface area contributed by atoms with Gasteiger partial charge in [0.1, 0.15) is 11.6 Å². The number of aromatic nitrogens is 2. The Morgan fingerprint density at radius 2 is 1.94 bits per heavy atom. The maximum Gasteiger partial charge on any atom is 0.203 e. The van der Waals surface area contributed by atoms with E-state index in [9.17, 15) is 4.39 Å². The number of anilines is 1. The molecule has 2 aromatic rings. The van der Waals surface area contributed by atoms with Gasteiger partial charge in [-0.15, -0.1) is 0 Å². The van der Waals surface area contributed by atoms with E-state index in [1.165, 1.54) is 17.6 Å². The largest absolute Gasteiger partial charge is 0.354 e. The molecule has 1 heterocycles. The number of rotatable bonds is 4. The molecule has 1 N–H and O–H groups in total. The minimum Gasteiger partial charge on any atom is -0.354 e. The zero-order chi connectivity index (χ0) is 13.1. The highest BCUT2D eigenvalue weighted by Crippen LogP contribution is 2.24. The molecule has 0 amide bonds. The van der Waals surface area contributed by atoms with Crippen molar-refractivity contribution in [2.45, 2.75) is 32.7 Å². The second kappa shape index (κ2) is 5.44. The van der Waals surface area contributed by atoms with Gasteiger partial charge >= 0.3 is 0 Å². The standard InChI is InChI=1S/C13H16FN3S/c1-8(2)12-16-13(18-17-12)15-9(3)10-6-4-5-7-11(10)14/h4-9H,1-3H3,(H,15,16,17). The fourth-order valence-corrected chi connectivity index (χ4v) is 2.41. The summed E-state index contributed by atoms with van der Waals surface area (Å²) in [5, 5.41) is 3.91. The Bertz CT molecular complexity index is 524. The Morgan fingerprint density at radius 3 is 2.56 bits per heavy atom. The van der Waals surface area contributed by atoms with Crippen LogP contribution in [0.2, 0.25) is 0 Å². The van der Waals surface area contributed by atoms with E-state index < -0.39 is 0 Å². The Balaban J connectivity index is 2.11. The van der Waals surface area contributed by atoms with E-state index in [-0.39, 0.29) is 11.9 Å². The molecule has 1 unspecified atom stereocenters. The molecule has 3 nitrogen and oxygen atoms in total. The number of hydrogen-bond acceptors (Lipinski definition) is 4. The van der Waals surface area contributed by atoms with Crippen molar-refractivity contribution in [3.63, 3.8) is 0 Å². The predicted octanol–water partition coefficient (Wildman–Crippen LogP) is 3.97. The molecule has 0 saturated carbocycles. The molecule has 0 fully saturated rings. The average molecular weight is 265 g/mol. The van der Waals surface area contributed by atoms with Crippen LogP contribution in [-0.4, -0.2) is 9.36 Å². The van der Waals surface area contributed by atoms with Crippen LogP contribution in [0.5, 0.6) is 0 Å². The fraction of sp³-hybridized carbons (Fsp3) is 0.385. The molecule has 96 valence electrons. The first kappa shape index (κ1) is 13.0. The van der Waals surface area contributed by atoms with Gasteiger partial charge in [-0.1, -0.05) is 32.0 Å². The SMILES string of the molecule is CC(C)c1nsc(NC(C)c2ccccc2F)n1. The number of nitrogens with one attached hydrogen (secondary N) is 1. The molecule has 0 bridgehead atoms. The lowest BCUT2D eigenvalue weighted by molar-refractivity contribution is 0.600. The third-order valence-electron chi connectivity index (χ3n) is 2.67. The van der Waals surface area contributed by atoms with Crippen molar-refractivity contribution < 1.29 is 4.39 Å². The fourth-order valence-electron chi connectivity index (χ4n) is 1.62. The Morgan fingerprint density at radius 1 is 1.22 bits per heavy atom. The van der Waals surface area contributed by atoms with Crippen molar-refractivity contribution >= 4 is 16.7 Å². The first-order chi connectivity index (χ1) is 8.58. The van der Waals surface area contributed by atoms with Gasteiger partial charge in [0.05, 0.1) is 6.04 Å². The van der Waals surface area contributed by atoms with Crippen LogP contribution in [-0.2, 0) is 0 Å². The third kappa shape index (κ3) is 2.85. The molecule has 2 rings (SSSR count). The van der Waals surface area contributed by atoms with Gasteiger partial charge in [-0.2, -0.15) is 4.37 Å². The first-order valence-corrected chi connectivity index (χ1v) is 6.70. The highest BCUT2D eigenvalue weighted by atomic mass is 32.1. The van der Waals surface area contributed by atoms with Crippen LogP contribution in [0.1, 0.15) is 44.1 Å². The summed E-state index contributed by atoms with van der Waals surface area (Å²) in [6.07, 6.45) is 0. The van der Waals surface area contributed by atoms with Crippen LogP contribution in [0.25, 0.3) is 0 Å². The van der Waals surface area contributed by atoms with Crippen LogP contribution >= 0.6 is 11.5 Å². The molecule has 0 aliphatic carbocycles. The minimum absolute atomic E-state index is 0.126. The van der Waals surface area contributed by atoms with Crippen LogP contribution in [0.15, 0.2) is 24.3 Å². The smallest absolute Gasteiger partial charge is 0.203 e. The average Bonchev–Trinajstić information content (AvgIpc) is 2.78. The van der Waals surface area contributed by atoms with Crippen molar-refractivity contribution in [2.24, 2.45) is 0 Å². The summed E-state index contributed by atoms with van der Waals surface area (Å²) in [5.74, 6) is 0.926. The van der Waals surface area contributed by atoms with Crippen LogP contribution in [0, 0.1) is 5.82 Å². The van der Waals surface area contributed by atoms with E-state index in [4.69, 9.17) is 0 Å².